The number of benzene rings is 3. The van der Waals surface area contributed by atoms with Crippen molar-refractivity contribution in [3.63, 3.8) is 0 Å². The monoisotopic (exact) mass is 609 g/mol. The van der Waals surface area contributed by atoms with Gasteiger partial charge in [-0.25, -0.2) is 9.59 Å². The number of fused-ring (bicyclic) bond motifs is 1. The Morgan fingerprint density at radius 2 is 1.40 bits per heavy atom. The van der Waals surface area contributed by atoms with Gasteiger partial charge in [-0.2, -0.15) is 0 Å². The number of ether oxygens (including phenoxy) is 3. The molecule has 0 fully saturated rings. The van der Waals surface area contributed by atoms with Crippen molar-refractivity contribution in [3.05, 3.63) is 108 Å². The topological polar surface area (TPSA) is 131 Å². The van der Waals surface area contributed by atoms with Gasteiger partial charge < -0.3 is 29.7 Å². The Bertz CT molecular complexity index is 1650. The van der Waals surface area contributed by atoms with E-state index in [2.05, 4.69) is 20.9 Å². The molecule has 1 aliphatic rings. The molecule has 1 aliphatic heterocycles. The van der Waals surface area contributed by atoms with Crippen molar-refractivity contribution in [1.29, 1.82) is 0 Å². The summed E-state index contributed by atoms with van der Waals surface area (Å²) < 4.78 is 16.6. The molecule has 0 spiro atoms. The van der Waals surface area contributed by atoms with E-state index >= 15 is 0 Å². The smallest absolute Gasteiger partial charge is 0.412 e. The predicted molar refractivity (Wildman–Crippen MR) is 171 cm³/mol. The van der Waals surface area contributed by atoms with Gasteiger partial charge in [-0.3, -0.25) is 15.1 Å². The van der Waals surface area contributed by atoms with Gasteiger partial charge in [0.25, 0.3) is 5.91 Å². The molecule has 4 aromatic rings. The lowest BCUT2D eigenvalue weighted by Gasteiger charge is -2.24. The summed E-state index contributed by atoms with van der Waals surface area (Å²) in [6, 6.07) is 22.5. The van der Waals surface area contributed by atoms with Gasteiger partial charge in [-0.15, -0.1) is 0 Å². The molecular formula is C34H35N5O6. The molecule has 4 amide bonds. The summed E-state index contributed by atoms with van der Waals surface area (Å²) in [5, 5.41) is 8.48. The van der Waals surface area contributed by atoms with Gasteiger partial charge in [-0.05, 0) is 80.4 Å². The number of carbonyl (C=O) groups excluding carboxylic acids is 3. The third kappa shape index (κ3) is 8.73. The third-order valence-electron chi connectivity index (χ3n) is 6.60. The van der Waals surface area contributed by atoms with Crippen LogP contribution in [0.15, 0.2) is 91.3 Å². The maximum absolute atomic E-state index is 13.5. The lowest BCUT2D eigenvalue weighted by Crippen LogP contribution is -2.34. The van der Waals surface area contributed by atoms with E-state index in [1.165, 1.54) is 0 Å². The normalized spacial score (nSPS) is 12.1. The van der Waals surface area contributed by atoms with Crippen LogP contribution in [0.3, 0.4) is 0 Å². The van der Waals surface area contributed by atoms with Gasteiger partial charge in [0.05, 0.1) is 11.4 Å². The summed E-state index contributed by atoms with van der Waals surface area (Å²) in [6.45, 7) is 6.87. The van der Waals surface area contributed by atoms with E-state index in [0.29, 0.717) is 53.9 Å². The van der Waals surface area contributed by atoms with E-state index < -0.39 is 11.7 Å². The predicted octanol–water partition coefficient (Wildman–Crippen LogP) is 6.69. The second kappa shape index (κ2) is 13.8. The number of nitrogens with zero attached hydrogens (tertiary/aromatic N) is 2. The quantitative estimate of drug-likeness (QED) is 0.203. The molecule has 0 aliphatic carbocycles. The fourth-order valence-corrected chi connectivity index (χ4v) is 4.52. The first-order valence-corrected chi connectivity index (χ1v) is 14.5. The molecule has 0 atom stereocenters. The summed E-state index contributed by atoms with van der Waals surface area (Å²) >= 11 is 0. The molecule has 0 saturated carbocycles. The molecule has 45 heavy (non-hydrogen) atoms. The molecule has 0 unspecified atom stereocenters. The lowest BCUT2D eigenvalue weighted by molar-refractivity contribution is 0.0635. The van der Waals surface area contributed by atoms with Crippen LogP contribution in [-0.4, -0.2) is 46.7 Å². The van der Waals surface area contributed by atoms with Gasteiger partial charge >= 0.3 is 12.1 Å². The largest absolute Gasteiger partial charge is 0.486 e. The average Bonchev–Trinajstić information content (AvgIpc) is 3.01. The molecule has 3 N–H and O–H groups in total. The maximum atomic E-state index is 13.5. The molecule has 11 heteroatoms. The second-order valence-corrected chi connectivity index (χ2v) is 11.3. The molecule has 0 saturated heterocycles. The van der Waals surface area contributed by atoms with Gasteiger partial charge in [0, 0.05) is 42.8 Å². The molecule has 1 aromatic heterocycles. The van der Waals surface area contributed by atoms with Gasteiger partial charge in [-0.1, -0.05) is 24.3 Å². The Morgan fingerprint density at radius 1 is 0.778 bits per heavy atom. The minimum absolute atomic E-state index is 0.281. The standard InChI is InChI=1S/C34H35N5O6/c1-34(2,3)45-33(42)38-28-7-5-4-6-27(28)37-31(40)25-10-8-23(9-11-25)21-39(22-24-14-16-35-17-15-24)32(41)36-26-12-13-29-30(20-26)44-19-18-43-29/h4-17,20H,18-19,21-22H2,1-3H3,(H,36,41)(H,37,40)(H,38,42). The number of carbonyl (C=O) groups is 3. The zero-order chi connectivity index (χ0) is 31.8. The van der Waals surface area contributed by atoms with Crippen molar-refractivity contribution in [1.82, 2.24) is 9.88 Å². The van der Waals surface area contributed by atoms with Gasteiger partial charge in [0.1, 0.15) is 18.8 Å². The number of para-hydroxylation sites is 2. The second-order valence-electron chi connectivity index (χ2n) is 11.3. The summed E-state index contributed by atoms with van der Waals surface area (Å²) in [7, 11) is 0. The summed E-state index contributed by atoms with van der Waals surface area (Å²) in [5.41, 5.74) is 2.90. The molecule has 0 bridgehead atoms. The SMILES string of the molecule is CC(C)(C)OC(=O)Nc1ccccc1NC(=O)c1ccc(CN(Cc2ccncc2)C(=O)Nc2ccc3c(c2)OCCO3)cc1. The number of aromatic nitrogens is 1. The number of amides is 4. The number of nitrogens with one attached hydrogen (secondary N) is 3. The molecule has 2 heterocycles. The van der Waals surface area contributed by atoms with Crippen LogP contribution >= 0.6 is 0 Å². The van der Waals surface area contributed by atoms with Crippen LogP contribution in [0.25, 0.3) is 0 Å². The van der Waals surface area contributed by atoms with Crippen molar-refractivity contribution in [2.75, 3.05) is 29.2 Å². The van der Waals surface area contributed by atoms with Crippen molar-refractivity contribution in [2.45, 2.75) is 39.5 Å². The fourth-order valence-electron chi connectivity index (χ4n) is 4.52. The maximum Gasteiger partial charge on any atom is 0.412 e. The number of pyridine rings is 1. The van der Waals surface area contributed by atoms with Gasteiger partial charge in [0.2, 0.25) is 0 Å². The summed E-state index contributed by atoms with van der Waals surface area (Å²) in [4.78, 5) is 44.6. The first-order valence-electron chi connectivity index (χ1n) is 14.5. The van der Waals surface area contributed by atoms with Crippen molar-refractivity contribution >= 4 is 35.1 Å². The lowest BCUT2D eigenvalue weighted by atomic mass is 10.1. The molecule has 3 aromatic carbocycles. The zero-order valence-corrected chi connectivity index (χ0v) is 25.3. The Kier molecular flexibility index (Phi) is 9.47. The van der Waals surface area contributed by atoms with E-state index in [4.69, 9.17) is 14.2 Å². The van der Waals surface area contributed by atoms with E-state index in [-0.39, 0.29) is 18.5 Å². The van der Waals surface area contributed by atoms with E-state index in [9.17, 15) is 14.4 Å². The Hall–Kier alpha value is -5.58. The number of anilines is 3. The minimum atomic E-state index is -0.663. The number of urea groups is 1. The van der Waals surface area contributed by atoms with Crippen LogP contribution in [0.1, 0.15) is 42.3 Å². The molecule has 11 nitrogen and oxygen atoms in total. The summed E-state index contributed by atoms with van der Waals surface area (Å²) in [5.74, 6) is 0.863. The average molecular weight is 610 g/mol. The zero-order valence-electron chi connectivity index (χ0n) is 25.3. The highest BCUT2D eigenvalue weighted by Gasteiger charge is 2.20. The van der Waals surface area contributed by atoms with Gasteiger partial charge in [0.15, 0.2) is 11.5 Å². The highest BCUT2D eigenvalue weighted by atomic mass is 16.6. The third-order valence-corrected chi connectivity index (χ3v) is 6.60. The van der Waals surface area contributed by atoms with E-state index in [0.717, 1.165) is 11.1 Å². The van der Waals surface area contributed by atoms with E-state index in [1.54, 1.807) is 105 Å². The van der Waals surface area contributed by atoms with Crippen LogP contribution < -0.4 is 25.4 Å². The van der Waals surface area contributed by atoms with Crippen LogP contribution in [0.2, 0.25) is 0 Å². The number of hydrogen-bond donors (Lipinski definition) is 3. The summed E-state index contributed by atoms with van der Waals surface area (Å²) in [6.07, 6.45) is 2.74. The minimum Gasteiger partial charge on any atom is -0.486 e. The number of rotatable bonds is 8. The van der Waals surface area contributed by atoms with E-state index in [1.807, 2.05) is 12.1 Å². The van der Waals surface area contributed by atoms with Crippen LogP contribution in [0.4, 0.5) is 26.7 Å². The first-order chi connectivity index (χ1) is 21.6. The Balaban J connectivity index is 1.26. The molecule has 5 rings (SSSR count). The highest BCUT2D eigenvalue weighted by molar-refractivity contribution is 6.06. The fraction of sp³-hybridized carbons (Fsp3) is 0.235. The first kappa shape index (κ1) is 30.9. The van der Waals surface area contributed by atoms with Crippen LogP contribution in [0, 0.1) is 0 Å². The number of hydrogen-bond acceptors (Lipinski definition) is 7. The molecular weight excluding hydrogens is 574 g/mol. The molecule has 232 valence electrons. The van der Waals surface area contributed by atoms with Crippen molar-refractivity contribution < 1.29 is 28.6 Å². The highest BCUT2D eigenvalue weighted by Crippen LogP contribution is 2.33. The molecule has 0 radical (unpaired) electrons. The Morgan fingerprint density at radius 3 is 2.07 bits per heavy atom. The van der Waals surface area contributed by atoms with Crippen molar-refractivity contribution in [2.24, 2.45) is 0 Å². The Labute approximate surface area is 261 Å². The van der Waals surface area contributed by atoms with Crippen LogP contribution in [-0.2, 0) is 17.8 Å². The van der Waals surface area contributed by atoms with Crippen molar-refractivity contribution in [3.8, 4) is 11.5 Å². The van der Waals surface area contributed by atoms with Crippen LogP contribution in [0.5, 0.6) is 11.5 Å².